The number of hydrogen-bond donors (Lipinski definition) is 1. The Bertz CT molecular complexity index is 682. The zero-order valence-corrected chi connectivity index (χ0v) is 16.0. The van der Waals surface area contributed by atoms with E-state index in [9.17, 15) is 4.79 Å². The maximum absolute atomic E-state index is 12.4. The quantitative estimate of drug-likeness (QED) is 0.898. The Morgan fingerprint density at radius 2 is 1.92 bits per heavy atom. The molecule has 1 atom stereocenters. The predicted octanol–water partition coefficient (Wildman–Crippen LogP) is 3.17. The first-order valence-electron chi connectivity index (χ1n) is 10.1. The maximum atomic E-state index is 12.4. The van der Waals surface area contributed by atoms with Gasteiger partial charge in [0, 0.05) is 24.5 Å². The third-order valence-electron chi connectivity index (χ3n) is 6.27. The van der Waals surface area contributed by atoms with Crippen LogP contribution in [0.15, 0.2) is 12.1 Å². The molecular formula is C21H30N2O3. The van der Waals surface area contributed by atoms with E-state index in [0.717, 1.165) is 31.0 Å². The highest BCUT2D eigenvalue weighted by Gasteiger charge is 2.45. The summed E-state index contributed by atoms with van der Waals surface area (Å²) in [6.07, 6.45) is 5.88. The first-order chi connectivity index (χ1) is 12.6. The summed E-state index contributed by atoms with van der Waals surface area (Å²) >= 11 is 0. The molecular weight excluding hydrogens is 328 g/mol. The van der Waals surface area contributed by atoms with E-state index < -0.39 is 0 Å². The highest BCUT2D eigenvalue weighted by molar-refractivity contribution is 5.78. The topological polar surface area (TPSA) is 50.8 Å². The van der Waals surface area contributed by atoms with E-state index in [1.54, 1.807) is 0 Å². The van der Waals surface area contributed by atoms with Crippen LogP contribution in [0.4, 0.5) is 0 Å². The number of amides is 1. The summed E-state index contributed by atoms with van der Waals surface area (Å²) < 4.78 is 11.7. The second-order valence-electron chi connectivity index (χ2n) is 8.00. The molecule has 2 aliphatic heterocycles. The molecule has 0 bridgehead atoms. The zero-order chi connectivity index (χ0) is 18.1. The third-order valence-corrected chi connectivity index (χ3v) is 6.27. The predicted molar refractivity (Wildman–Crippen MR) is 101 cm³/mol. The highest BCUT2D eigenvalue weighted by atomic mass is 16.6. The zero-order valence-electron chi connectivity index (χ0n) is 16.0. The van der Waals surface area contributed by atoms with Gasteiger partial charge in [-0.05, 0) is 49.4 Å². The average molecular weight is 358 g/mol. The molecule has 142 valence electrons. The van der Waals surface area contributed by atoms with E-state index in [4.69, 9.17) is 9.47 Å². The van der Waals surface area contributed by atoms with Crippen LogP contribution in [-0.4, -0.2) is 43.7 Å². The molecule has 1 fully saturated rings. The summed E-state index contributed by atoms with van der Waals surface area (Å²) in [4.78, 5) is 14.7. The van der Waals surface area contributed by atoms with Crippen molar-refractivity contribution in [2.45, 2.75) is 57.4 Å². The van der Waals surface area contributed by atoms with Gasteiger partial charge < -0.3 is 14.8 Å². The smallest absolute Gasteiger partial charge is 0.234 e. The number of nitrogens with one attached hydrogen (secondary N) is 1. The summed E-state index contributed by atoms with van der Waals surface area (Å²) in [5.41, 5.74) is 2.89. The fourth-order valence-corrected chi connectivity index (χ4v) is 4.89. The molecule has 1 aliphatic carbocycles. The van der Waals surface area contributed by atoms with Crippen molar-refractivity contribution in [1.82, 2.24) is 10.2 Å². The third kappa shape index (κ3) is 3.07. The van der Waals surface area contributed by atoms with E-state index in [-0.39, 0.29) is 17.4 Å². The standard InChI is InChI=1S/C21H30N2O3/c1-3-8-22-20(24)13-23-14-21(6-4-5-7-21)17-12-19-18(25-9-10-26-19)11-16(17)15(23)2/h11-12,15H,3-10,13-14H2,1-2H3,(H,22,24). The fraction of sp³-hybridized carbons (Fsp3) is 0.667. The van der Waals surface area contributed by atoms with Gasteiger partial charge in [-0.3, -0.25) is 9.69 Å². The molecule has 5 heteroatoms. The number of fused-ring (bicyclic) bond motifs is 3. The summed E-state index contributed by atoms with van der Waals surface area (Å²) in [6, 6.07) is 4.62. The molecule has 1 unspecified atom stereocenters. The highest BCUT2D eigenvalue weighted by Crippen LogP contribution is 2.51. The minimum atomic E-state index is 0.132. The number of ether oxygens (including phenoxy) is 2. The summed E-state index contributed by atoms with van der Waals surface area (Å²) in [7, 11) is 0. The van der Waals surface area contributed by atoms with Crippen molar-refractivity contribution in [3.63, 3.8) is 0 Å². The van der Waals surface area contributed by atoms with Crippen LogP contribution in [0, 0.1) is 0 Å². The molecule has 4 rings (SSSR count). The number of hydrogen-bond acceptors (Lipinski definition) is 4. The van der Waals surface area contributed by atoms with Crippen molar-refractivity contribution in [3.8, 4) is 11.5 Å². The van der Waals surface area contributed by atoms with Gasteiger partial charge in [-0.1, -0.05) is 19.8 Å². The number of carbonyl (C=O) groups is 1. The molecule has 1 aromatic carbocycles. The Morgan fingerprint density at radius 3 is 2.62 bits per heavy atom. The Labute approximate surface area is 156 Å². The molecule has 1 N–H and O–H groups in total. The van der Waals surface area contributed by atoms with Crippen molar-refractivity contribution < 1.29 is 14.3 Å². The molecule has 2 heterocycles. The molecule has 0 radical (unpaired) electrons. The number of nitrogens with zero attached hydrogens (tertiary/aromatic N) is 1. The average Bonchev–Trinajstić information content (AvgIpc) is 3.12. The fourth-order valence-electron chi connectivity index (χ4n) is 4.89. The molecule has 1 saturated carbocycles. The van der Waals surface area contributed by atoms with Gasteiger partial charge in [0.05, 0.1) is 6.54 Å². The van der Waals surface area contributed by atoms with E-state index >= 15 is 0 Å². The first-order valence-corrected chi connectivity index (χ1v) is 10.1. The number of rotatable bonds is 4. The largest absolute Gasteiger partial charge is 0.486 e. The van der Waals surface area contributed by atoms with Crippen LogP contribution in [0.1, 0.15) is 63.1 Å². The summed E-state index contributed by atoms with van der Waals surface area (Å²) in [5, 5.41) is 3.03. The van der Waals surface area contributed by atoms with Gasteiger partial charge in [0.15, 0.2) is 11.5 Å². The second-order valence-corrected chi connectivity index (χ2v) is 8.00. The van der Waals surface area contributed by atoms with E-state index in [1.807, 2.05) is 0 Å². The normalized spacial score (nSPS) is 23.7. The maximum Gasteiger partial charge on any atom is 0.234 e. The molecule has 1 aromatic rings. The monoisotopic (exact) mass is 358 g/mol. The Morgan fingerprint density at radius 1 is 1.23 bits per heavy atom. The van der Waals surface area contributed by atoms with Gasteiger partial charge >= 0.3 is 0 Å². The van der Waals surface area contributed by atoms with Crippen molar-refractivity contribution in [2.75, 3.05) is 32.8 Å². The molecule has 26 heavy (non-hydrogen) atoms. The van der Waals surface area contributed by atoms with Crippen molar-refractivity contribution in [2.24, 2.45) is 0 Å². The van der Waals surface area contributed by atoms with E-state index in [1.165, 1.54) is 36.8 Å². The minimum Gasteiger partial charge on any atom is -0.486 e. The molecule has 5 nitrogen and oxygen atoms in total. The van der Waals surface area contributed by atoms with Crippen LogP contribution in [0.3, 0.4) is 0 Å². The second kappa shape index (κ2) is 7.10. The van der Waals surface area contributed by atoms with Gasteiger partial charge in [0.25, 0.3) is 0 Å². The molecule has 3 aliphatic rings. The van der Waals surface area contributed by atoms with Crippen molar-refractivity contribution >= 4 is 5.91 Å². The summed E-state index contributed by atoms with van der Waals surface area (Å²) in [5.74, 6) is 1.88. The Balaban J connectivity index is 1.67. The van der Waals surface area contributed by atoms with Crippen LogP contribution < -0.4 is 14.8 Å². The summed E-state index contributed by atoms with van der Waals surface area (Å²) in [6.45, 7) is 7.70. The van der Waals surface area contributed by atoms with Crippen LogP contribution >= 0.6 is 0 Å². The van der Waals surface area contributed by atoms with Crippen LogP contribution in [0.5, 0.6) is 11.5 Å². The van der Waals surface area contributed by atoms with Gasteiger partial charge in [-0.2, -0.15) is 0 Å². The first kappa shape index (κ1) is 17.7. The van der Waals surface area contributed by atoms with E-state index in [0.29, 0.717) is 19.8 Å². The van der Waals surface area contributed by atoms with E-state index in [2.05, 4.69) is 36.2 Å². The van der Waals surface area contributed by atoms with Crippen LogP contribution in [0.2, 0.25) is 0 Å². The number of benzene rings is 1. The van der Waals surface area contributed by atoms with Gasteiger partial charge in [0.2, 0.25) is 5.91 Å². The SMILES string of the molecule is CCCNC(=O)CN1CC2(CCCC2)c2cc3c(cc2C1C)OCCO3. The minimum absolute atomic E-state index is 0.132. The molecule has 1 spiro atoms. The van der Waals surface area contributed by atoms with Crippen molar-refractivity contribution in [3.05, 3.63) is 23.3 Å². The lowest BCUT2D eigenvalue weighted by Crippen LogP contribution is -2.49. The lowest BCUT2D eigenvalue weighted by atomic mass is 9.71. The van der Waals surface area contributed by atoms with Gasteiger partial charge in [-0.15, -0.1) is 0 Å². The Kier molecular flexibility index (Phi) is 4.82. The molecule has 1 amide bonds. The van der Waals surface area contributed by atoms with Gasteiger partial charge in [0.1, 0.15) is 13.2 Å². The van der Waals surface area contributed by atoms with Crippen molar-refractivity contribution in [1.29, 1.82) is 0 Å². The molecule has 0 aromatic heterocycles. The Hall–Kier alpha value is -1.75. The van der Waals surface area contributed by atoms with Gasteiger partial charge in [-0.25, -0.2) is 0 Å². The van der Waals surface area contributed by atoms with Crippen LogP contribution in [0.25, 0.3) is 0 Å². The lowest BCUT2D eigenvalue weighted by molar-refractivity contribution is -0.123. The molecule has 0 saturated heterocycles. The lowest BCUT2D eigenvalue weighted by Gasteiger charge is -2.46. The van der Waals surface area contributed by atoms with Crippen LogP contribution in [-0.2, 0) is 10.2 Å². The number of carbonyl (C=O) groups excluding carboxylic acids is 1.